The summed E-state index contributed by atoms with van der Waals surface area (Å²) < 4.78 is 25.8. The molecule has 2 saturated heterocycles. The molecule has 0 atom stereocenters. The van der Waals surface area contributed by atoms with Crippen LogP contribution in [0.15, 0.2) is 0 Å². The van der Waals surface area contributed by atoms with E-state index in [1.807, 2.05) is 13.8 Å². The number of piperidine rings is 2. The number of nitrogens with zero attached hydrogens (tertiary/aromatic N) is 3. The number of rotatable bonds is 3. The predicted molar refractivity (Wildman–Crippen MR) is 75.1 cm³/mol. The molecule has 0 aromatic carbocycles. The number of halogens is 2. The average Bonchev–Trinajstić information content (AvgIpc) is 2.44. The van der Waals surface area contributed by atoms with Crippen molar-refractivity contribution in [3.63, 3.8) is 0 Å². The molecule has 5 heteroatoms. The Balaban J connectivity index is 0.000000861. The Kier molecular flexibility index (Phi) is 7.80. The first-order chi connectivity index (χ1) is 9.15. The van der Waals surface area contributed by atoms with Crippen molar-refractivity contribution in [2.24, 2.45) is 5.92 Å². The Morgan fingerprint density at radius 1 is 0.895 bits per heavy atom. The van der Waals surface area contributed by atoms with E-state index >= 15 is 0 Å². The Hall–Kier alpha value is -0.260. The van der Waals surface area contributed by atoms with E-state index < -0.39 is 0 Å². The van der Waals surface area contributed by atoms with Crippen LogP contribution in [0.4, 0.5) is 8.96 Å². The molecule has 0 bridgehead atoms. The van der Waals surface area contributed by atoms with E-state index in [-0.39, 0.29) is 0 Å². The van der Waals surface area contributed by atoms with E-state index in [9.17, 15) is 8.96 Å². The summed E-state index contributed by atoms with van der Waals surface area (Å²) in [6.45, 7) is 7.28. The Morgan fingerprint density at radius 3 is 1.79 bits per heavy atom. The van der Waals surface area contributed by atoms with Crippen LogP contribution in [-0.2, 0) is 0 Å². The van der Waals surface area contributed by atoms with E-state index in [0.717, 1.165) is 42.5 Å². The van der Waals surface area contributed by atoms with Gasteiger partial charge in [-0.3, -0.25) is 0 Å². The van der Waals surface area contributed by atoms with Gasteiger partial charge in [-0.2, -0.15) is 0 Å². The minimum Gasteiger partial charge on any atom is -0.303 e. The molecule has 2 aliphatic rings. The summed E-state index contributed by atoms with van der Waals surface area (Å²) >= 11 is 0. The maximum absolute atomic E-state index is 12.9. The van der Waals surface area contributed by atoms with Crippen LogP contribution in [0.5, 0.6) is 0 Å². The van der Waals surface area contributed by atoms with Gasteiger partial charge in [0.2, 0.25) is 0 Å². The van der Waals surface area contributed by atoms with Gasteiger partial charge >= 0.3 is 0 Å². The standard InChI is InChI=1S/C12H23F2N3.C2H6/c1-15(12-4-8-17(14)9-5-12)10-11-2-6-16(13)7-3-11;1-2/h11-12H,2-10H2,1H3;1-2H3. The van der Waals surface area contributed by atoms with Crippen molar-refractivity contribution in [3.8, 4) is 0 Å². The molecule has 2 aliphatic heterocycles. The summed E-state index contributed by atoms with van der Waals surface area (Å²) in [5, 5.41) is 1.82. The quantitative estimate of drug-likeness (QED) is 0.734. The molecule has 2 rings (SSSR count). The first-order valence-corrected chi connectivity index (χ1v) is 7.67. The van der Waals surface area contributed by atoms with Crippen LogP contribution in [0.3, 0.4) is 0 Å². The number of hydrogen-bond donors (Lipinski definition) is 0. The van der Waals surface area contributed by atoms with Crippen LogP contribution in [0, 0.1) is 5.92 Å². The predicted octanol–water partition coefficient (Wildman–Crippen LogP) is 2.89. The van der Waals surface area contributed by atoms with Gasteiger partial charge in [-0.25, -0.2) is 0 Å². The van der Waals surface area contributed by atoms with Gasteiger partial charge in [-0.1, -0.05) is 13.8 Å². The Morgan fingerprint density at radius 2 is 1.32 bits per heavy atom. The third-order valence-electron chi connectivity index (χ3n) is 4.14. The second kappa shape index (κ2) is 8.82. The summed E-state index contributed by atoms with van der Waals surface area (Å²) in [5.41, 5.74) is 0. The fourth-order valence-corrected chi connectivity index (χ4v) is 2.92. The van der Waals surface area contributed by atoms with Crippen molar-refractivity contribution >= 4 is 0 Å². The zero-order valence-electron chi connectivity index (χ0n) is 12.6. The third-order valence-corrected chi connectivity index (χ3v) is 4.14. The minimum atomic E-state index is 0.505. The largest absolute Gasteiger partial charge is 0.303 e. The molecule has 0 aromatic rings. The highest BCUT2D eigenvalue weighted by molar-refractivity contribution is 4.78. The van der Waals surface area contributed by atoms with Crippen LogP contribution in [0.2, 0.25) is 0 Å². The zero-order chi connectivity index (χ0) is 14.3. The Bertz CT molecular complexity index is 225. The first kappa shape index (κ1) is 16.8. The van der Waals surface area contributed by atoms with Crippen molar-refractivity contribution in [3.05, 3.63) is 0 Å². The number of hydrogen-bond acceptors (Lipinski definition) is 3. The second-order valence-corrected chi connectivity index (χ2v) is 5.43. The smallest absolute Gasteiger partial charge is 0.0305 e. The van der Waals surface area contributed by atoms with E-state index in [0.29, 0.717) is 38.1 Å². The van der Waals surface area contributed by atoms with Gasteiger partial charge < -0.3 is 4.90 Å². The zero-order valence-corrected chi connectivity index (χ0v) is 12.6. The molecule has 0 N–H and O–H groups in total. The highest BCUT2D eigenvalue weighted by atomic mass is 19.2. The normalized spacial score (nSPS) is 24.3. The van der Waals surface area contributed by atoms with Gasteiger partial charge in [0.1, 0.15) is 0 Å². The van der Waals surface area contributed by atoms with Crippen LogP contribution < -0.4 is 0 Å². The molecule has 2 heterocycles. The molecule has 0 unspecified atom stereocenters. The summed E-state index contributed by atoms with van der Waals surface area (Å²) in [6, 6.07) is 0.505. The van der Waals surface area contributed by atoms with Gasteiger partial charge in [0.25, 0.3) is 0 Å². The summed E-state index contributed by atoms with van der Waals surface area (Å²) in [5.74, 6) is 0.607. The summed E-state index contributed by atoms with van der Waals surface area (Å²) in [7, 11) is 2.13. The second-order valence-electron chi connectivity index (χ2n) is 5.43. The summed E-state index contributed by atoms with van der Waals surface area (Å²) in [4.78, 5) is 2.35. The van der Waals surface area contributed by atoms with Gasteiger partial charge in [-0.15, -0.1) is 19.2 Å². The van der Waals surface area contributed by atoms with E-state index in [1.165, 1.54) is 0 Å². The molecule has 0 amide bonds. The first-order valence-electron chi connectivity index (χ1n) is 7.67. The molecular weight excluding hydrogens is 248 g/mol. The van der Waals surface area contributed by atoms with Crippen LogP contribution >= 0.6 is 0 Å². The van der Waals surface area contributed by atoms with Crippen LogP contribution in [0.1, 0.15) is 39.5 Å². The van der Waals surface area contributed by atoms with Crippen LogP contribution in [0.25, 0.3) is 0 Å². The molecule has 2 fully saturated rings. The minimum absolute atomic E-state index is 0.505. The van der Waals surface area contributed by atoms with Gasteiger partial charge in [0.05, 0.1) is 0 Å². The molecule has 3 nitrogen and oxygen atoms in total. The highest BCUT2D eigenvalue weighted by Gasteiger charge is 2.26. The maximum Gasteiger partial charge on any atom is 0.0305 e. The monoisotopic (exact) mass is 277 g/mol. The fourth-order valence-electron chi connectivity index (χ4n) is 2.92. The van der Waals surface area contributed by atoms with Crippen molar-refractivity contribution < 1.29 is 8.96 Å². The van der Waals surface area contributed by atoms with Crippen LogP contribution in [-0.4, -0.2) is 61.0 Å². The maximum atomic E-state index is 12.9. The Labute approximate surface area is 116 Å². The lowest BCUT2D eigenvalue weighted by Gasteiger charge is -2.36. The fraction of sp³-hybridized carbons (Fsp3) is 1.00. The SMILES string of the molecule is CC.CN(CC1CCN(F)CC1)C1CCN(F)CC1. The molecule has 0 saturated carbocycles. The topological polar surface area (TPSA) is 9.72 Å². The van der Waals surface area contributed by atoms with E-state index in [2.05, 4.69) is 11.9 Å². The average molecular weight is 277 g/mol. The lowest BCUT2D eigenvalue weighted by Crippen LogP contribution is -2.43. The highest BCUT2D eigenvalue weighted by Crippen LogP contribution is 2.21. The lowest BCUT2D eigenvalue weighted by atomic mass is 9.95. The molecule has 0 aliphatic carbocycles. The van der Waals surface area contributed by atoms with Crippen molar-refractivity contribution in [2.45, 2.75) is 45.6 Å². The molecule has 0 aromatic heterocycles. The molecule has 19 heavy (non-hydrogen) atoms. The third kappa shape index (κ3) is 5.71. The van der Waals surface area contributed by atoms with Crippen molar-refractivity contribution in [1.82, 2.24) is 15.1 Å². The molecule has 0 radical (unpaired) electrons. The van der Waals surface area contributed by atoms with Gasteiger partial charge in [-0.05, 0) is 38.6 Å². The van der Waals surface area contributed by atoms with Gasteiger partial charge in [0.15, 0.2) is 0 Å². The van der Waals surface area contributed by atoms with Crippen molar-refractivity contribution in [1.29, 1.82) is 0 Å². The molecule has 114 valence electrons. The summed E-state index contributed by atoms with van der Waals surface area (Å²) in [6.07, 6.45) is 3.72. The van der Waals surface area contributed by atoms with E-state index in [1.54, 1.807) is 0 Å². The lowest BCUT2D eigenvalue weighted by molar-refractivity contribution is -0.0297. The molecular formula is C14H29F2N3. The van der Waals surface area contributed by atoms with E-state index in [4.69, 9.17) is 0 Å². The van der Waals surface area contributed by atoms with Gasteiger partial charge in [0, 0.05) is 38.8 Å². The molecule has 0 spiro atoms. The van der Waals surface area contributed by atoms with Crippen molar-refractivity contribution in [2.75, 3.05) is 39.8 Å².